The Kier molecular flexibility index (Phi) is 15.4. The summed E-state index contributed by atoms with van der Waals surface area (Å²) in [5, 5.41) is 21.1. The van der Waals surface area contributed by atoms with Crippen molar-refractivity contribution >= 4 is 41.1 Å². The molecular weight excluding hydrogens is 722 g/mol. The van der Waals surface area contributed by atoms with E-state index in [2.05, 4.69) is 22.1 Å². The van der Waals surface area contributed by atoms with Gasteiger partial charge < -0.3 is 47.3 Å². The number of benzene rings is 2. The summed E-state index contributed by atoms with van der Waals surface area (Å²) in [5.74, 6) is -0.353. The molecule has 2 heterocycles. The number of anilines is 1. The van der Waals surface area contributed by atoms with E-state index in [9.17, 15) is 20.1 Å². The van der Waals surface area contributed by atoms with Crippen molar-refractivity contribution in [3.05, 3.63) is 76.6 Å². The molecule has 0 radical (unpaired) electrons. The lowest BCUT2D eigenvalue weighted by molar-refractivity contribution is -0.162. The van der Waals surface area contributed by atoms with Gasteiger partial charge in [0, 0.05) is 21.9 Å². The number of nitrogens with zero attached hydrogens (tertiary/aromatic N) is 4. The number of pyridine rings is 1. The summed E-state index contributed by atoms with van der Waals surface area (Å²) >= 11 is 7.20. The zero-order valence-corrected chi connectivity index (χ0v) is 30.3. The number of nitriles is 2. The third kappa shape index (κ3) is 11.4. The number of ether oxygens (including phenoxy) is 3. The molecular formula is C36H40ClN9O6S. The number of carbonyl (C=O) groups is 2. The molecule has 15 nitrogen and oxygen atoms in total. The van der Waals surface area contributed by atoms with Gasteiger partial charge in [-0.2, -0.15) is 10.5 Å². The number of carbonyl (C=O) groups excluding carboxylic acids is 2. The van der Waals surface area contributed by atoms with Crippen molar-refractivity contribution in [1.82, 2.24) is 9.97 Å². The number of nitrogens with two attached hydrogens (primary N) is 5. The summed E-state index contributed by atoms with van der Waals surface area (Å²) in [4.78, 5) is 33.9. The van der Waals surface area contributed by atoms with Crippen LogP contribution in [0.3, 0.4) is 0 Å². The van der Waals surface area contributed by atoms with E-state index in [4.69, 9.17) is 58.9 Å². The molecule has 0 bridgehead atoms. The number of nitrogen functional groups attached to an aromatic ring is 1. The second-order valence-corrected chi connectivity index (χ2v) is 13.1. The minimum absolute atomic E-state index is 0.0375. The van der Waals surface area contributed by atoms with Crippen LogP contribution in [0.25, 0.3) is 22.6 Å². The first-order chi connectivity index (χ1) is 25.6. The highest BCUT2D eigenvalue weighted by Gasteiger charge is 2.25. The Labute approximate surface area is 315 Å². The number of aromatic nitrogens is 2. The van der Waals surface area contributed by atoms with Gasteiger partial charge in [-0.25, -0.2) is 9.97 Å². The molecule has 4 rings (SSSR count). The largest absolute Gasteiger partial charge is 0.490 e. The predicted octanol–water partition coefficient (Wildman–Crippen LogP) is 3.64. The summed E-state index contributed by atoms with van der Waals surface area (Å²) < 4.78 is 22.4. The summed E-state index contributed by atoms with van der Waals surface area (Å²) in [7, 11) is 0. The van der Waals surface area contributed by atoms with E-state index >= 15 is 0 Å². The van der Waals surface area contributed by atoms with Crippen LogP contribution in [-0.4, -0.2) is 66.4 Å². The third-order valence-electron chi connectivity index (χ3n) is 7.73. The molecule has 0 aliphatic heterocycles. The Balaban J connectivity index is 1.49. The summed E-state index contributed by atoms with van der Waals surface area (Å²) in [5.41, 5.74) is 31.4. The van der Waals surface area contributed by atoms with Gasteiger partial charge in [-0.15, -0.1) is 0 Å². The normalized spacial score (nSPS) is 12.6. The lowest BCUT2D eigenvalue weighted by atomic mass is 9.97. The fourth-order valence-corrected chi connectivity index (χ4v) is 5.90. The molecule has 2 aromatic carbocycles. The summed E-state index contributed by atoms with van der Waals surface area (Å²) in [6.07, 6.45) is 2.21. The molecule has 4 aromatic rings. The van der Waals surface area contributed by atoms with Crippen molar-refractivity contribution in [3.8, 4) is 40.5 Å². The Bertz CT molecular complexity index is 1930. The molecule has 0 amide bonds. The summed E-state index contributed by atoms with van der Waals surface area (Å²) in [6.45, 7) is 0.204. The molecule has 17 heteroatoms. The molecule has 0 aliphatic rings. The van der Waals surface area contributed by atoms with Crippen LogP contribution >= 0.6 is 23.4 Å². The molecule has 0 saturated carbocycles. The lowest BCUT2D eigenvalue weighted by Gasteiger charge is -2.21. The maximum atomic E-state index is 12.7. The van der Waals surface area contributed by atoms with Crippen LogP contribution in [0.4, 0.5) is 5.82 Å². The number of rotatable bonds is 19. The minimum atomic E-state index is -1.02. The van der Waals surface area contributed by atoms with E-state index < -0.39 is 30.1 Å². The van der Waals surface area contributed by atoms with Crippen LogP contribution < -0.4 is 33.4 Å². The van der Waals surface area contributed by atoms with E-state index in [1.165, 1.54) is 18.0 Å². The molecule has 10 N–H and O–H groups in total. The number of halogens is 1. The van der Waals surface area contributed by atoms with Gasteiger partial charge in [-0.1, -0.05) is 35.5 Å². The fraction of sp³-hybridized carbons (Fsp3) is 0.333. The van der Waals surface area contributed by atoms with Crippen molar-refractivity contribution in [1.29, 1.82) is 10.5 Å². The average molecular weight is 762 g/mol. The quantitative estimate of drug-likeness (QED) is 0.0673. The van der Waals surface area contributed by atoms with E-state index in [-0.39, 0.29) is 30.2 Å². The van der Waals surface area contributed by atoms with Crippen LogP contribution in [-0.2, 0) is 24.8 Å². The van der Waals surface area contributed by atoms with Gasteiger partial charge in [0.15, 0.2) is 6.10 Å². The van der Waals surface area contributed by atoms with Gasteiger partial charge in [0.2, 0.25) is 5.89 Å². The molecule has 3 atom stereocenters. The van der Waals surface area contributed by atoms with Gasteiger partial charge in [0.25, 0.3) is 0 Å². The van der Waals surface area contributed by atoms with E-state index in [1.807, 2.05) is 0 Å². The molecule has 53 heavy (non-hydrogen) atoms. The molecule has 0 unspecified atom stereocenters. The first-order valence-corrected chi connectivity index (χ1v) is 17.9. The second kappa shape index (κ2) is 20.1. The van der Waals surface area contributed by atoms with Crippen LogP contribution in [0, 0.1) is 22.7 Å². The zero-order valence-electron chi connectivity index (χ0n) is 28.7. The van der Waals surface area contributed by atoms with Crippen LogP contribution in [0.15, 0.2) is 64.2 Å². The van der Waals surface area contributed by atoms with Gasteiger partial charge in [-0.05, 0) is 80.7 Å². The van der Waals surface area contributed by atoms with Crippen molar-refractivity contribution < 1.29 is 28.2 Å². The van der Waals surface area contributed by atoms with Gasteiger partial charge in [-0.3, -0.25) is 9.59 Å². The van der Waals surface area contributed by atoms with E-state index in [0.29, 0.717) is 83.0 Å². The smallest absolute Gasteiger partial charge is 0.323 e. The number of hydrogen-bond acceptors (Lipinski definition) is 16. The topological polar surface area (TPSA) is 278 Å². The second-order valence-electron chi connectivity index (χ2n) is 11.7. The maximum Gasteiger partial charge on any atom is 0.323 e. The molecule has 0 fully saturated rings. The molecule has 0 saturated heterocycles. The predicted molar refractivity (Wildman–Crippen MR) is 199 cm³/mol. The van der Waals surface area contributed by atoms with Crippen molar-refractivity contribution in [2.24, 2.45) is 22.9 Å². The van der Waals surface area contributed by atoms with Crippen molar-refractivity contribution in [2.75, 3.05) is 32.0 Å². The van der Waals surface area contributed by atoms with E-state index in [0.717, 1.165) is 5.56 Å². The van der Waals surface area contributed by atoms with Crippen molar-refractivity contribution in [3.63, 3.8) is 0 Å². The molecule has 2 aromatic heterocycles. The van der Waals surface area contributed by atoms with E-state index in [1.54, 1.807) is 48.5 Å². The van der Waals surface area contributed by atoms with Gasteiger partial charge >= 0.3 is 11.9 Å². The first kappa shape index (κ1) is 40.6. The Morgan fingerprint density at radius 1 is 0.868 bits per heavy atom. The zero-order chi connectivity index (χ0) is 38.3. The first-order valence-electron chi connectivity index (χ1n) is 16.6. The Hall–Kier alpha value is -5.20. The molecule has 0 aliphatic carbocycles. The highest BCUT2D eigenvalue weighted by molar-refractivity contribution is 7.98. The fourth-order valence-electron chi connectivity index (χ4n) is 4.90. The Morgan fingerprint density at radius 2 is 1.49 bits per heavy atom. The lowest BCUT2D eigenvalue weighted by Crippen LogP contribution is -2.40. The average Bonchev–Trinajstić information content (AvgIpc) is 3.65. The van der Waals surface area contributed by atoms with Crippen LogP contribution in [0.5, 0.6) is 5.75 Å². The summed E-state index contributed by atoms with van der Waals surface area (Å²) in [6, 6.07) is 16.0. The number of hydrogen-bond donors (Lipinski definition) is 5. The molecule has 278 valence electrons. The standard InChI is InChI=1S/C36H40ClN9O6S/c37-23-9-5-22(6-10-23)33-45-24(17-50-33)20-53-34-28(16-41)31(27(15-40)32(44)46-34)21-7-11-25(12-8-21)49-18-26(52-36(48)30(43)4-2-14-39)19-51-35(47)29(42)3-1-13-38/h5-12,17,26,29-30H,1-4,13-14,18-20,38-39,42-43H2,(H2,44,46)/t26-,29-,30-/m0/s1. The van der Waals surface area contributed by atoms with Crippen molar-refractivity contribution in [2.45, 2.75) is 54.6 Å². The SMILES string of the molecule is N#Cc1c(N)nc(SCc2coc(-c3ccc(Cl)cc3)n2)c(C#N)c1-c1ccc(OC[C@@H](COC(=O)[C@@H](N)CCCN)OC(=O)[C@@H](N)CCCN)cc1. The highest BCUT2D eigenvalue weighted by Crippen LogP contribution is 2.37. The number of esters is 2. The number of oxazole rings is 1. The monoisotopic (exact) mass is 761 g/mol. The third-order valence-corrected chi connectivity index (χ3v) is 8.99. The number of thioether (sulfide) groups is 1. The minimum Gasteiger partial charge on any atom is -0.490 e. The maximum absolute atomic E-state index is 12.7. The van der Waals surface area contributed by atoms with Gasteiger partial charge in [0.1, 0.15) is 65.9 Å². The van der Waals surface area contributed by atoms with Crippen LogP contribution in [0.2, 0.25) is 5.02 Å². The van der Waals surface area contributed by atoms with Crippen LogP contribution in [0.1, 0.15) is 42.5 Å². The molecule has 0 spiro atoms. The highest BCUT2D eigenvalue weighted by atomic mass is 35.5. The Morgan fingerprint density at radius 3 is 2.11 bits per heavy atom. The van der Waals surface area contributed by atoms with Gasteiger partial charge in [0.05, 0.1) is 11.3 Å².